The molecule has 0 atom stereocenters. The van der Waals surface area contributed by atoms with Gasteiger partial charge in [-0.1, -0.05) is 32.9 Å². The first-order valence-corrected chi connectivity index (χ1v) is 7.10. The van der Waals surface area contributed by atoms with Crippen molar-refractivity contribution in [3.8, 4) is 11.3 Å². The minimum Gasteiger partial charge on any atom is -0.383 e. The van der Waals surface area contributed by atoms with Crippen molar-refractivity contribution < 1.29 is 0 Å². The van der Waals surface area contributed by atoms with Crippen LogP contribution in [0, 0.1) is 6.92 Å². The predicted octanol–water partition coefficient (Wildman–Crippen LogP) is 4.04. The average molecular weight is 322 g/mol. The minimum absolute atomic E-state index is 0.120. The maximum atomic E-state index is 5.97. The number of halogens is 1. The van der Waals surface area contributed by atoms with E-state index in [9.17, 15) is 0 Å². The Morgan fingerprint density at radius 1 is 1.26 bits per heavy atom. The number of nitrogens with zero attached hydrogens (tertiary/aromatic N) is 2. The van der Waals surface area contributed by atoms with Crippen LogP contribution in [0.3, 0.4) is 0 Å². The van der Waals surface area contributed by atoms with E-state index in [1.165, 1.54) is 11.1 Å². The molecule has 0 fully saturated rings. The molecule has 1 heterocycles. The minimum atomic E-state index is 0.120. The van der Waals surface area contributed by atoms with Gasteiger partial charge in [0.25, 0.3) is 0 Å². The highest BCUT2D eigenvalue weighted by atomic mass is 79.9. The van der Waals surface area contributed by atoms with Gasteiger partial charge in [-0.2, -0.15) is 5.10 Å². The Labute approximate surface area is 122 Å². The summed E-state index contributed by atoms with van der Waals surface area (Å²) in [6.45, 7) is 8.73. The highest BCUT2D eigenvalue weighted by Crippen LogP contribution is 2.35. The Morgan fingerprint density at radius 3 is 2.37 bits per heavy atom. The summed E-state index contributed by atoms with van der Waals surface area (Å²) in [6, 6.07) is 6.54. The van der Waals surface area contributed by atoms with Gasteiger partial charge in [0.1, 0.15) is 11.5 Å². The Hall–Kier alpha value is -1.29. The molecule has 0 unspecified atom stereocenters. The van der Waals surface area contributed by atoms with Crippen LogP contribution in [0.2, 0.25) is 0 Å². The van der Waals surface area contributed by atoms with Gasteiger partial charge in [0, 0.05) is 12.6 Å². The molecule has 0 saturated heterocycles. The van der Waals surface area contributed by atoms with Gasteiger partial charge in [-0.3, -0.25) is 4.68 Å². The van der Waals surface area contributed by atoms with Gasteiger partial charge >= 0.3 is 0 Å². The van der Waals surface area contributed by atoms with Crippen molar-refractivity contribution in [1.82, 2.24) is 9.78 Å². The number of nitrogen functional groups attached to an aromatic ring is 1. The number of anilines is 1. The van der Waals surface area contributed by atoms with Crippen molar-refractivity contribution in [2.75, 3.05) is 5.73 Å². The van der Waals surface area contributed by atoms with E-state index in [0.29, 0.717) is 5.82 Å². The fourth-order valence-corrected chi connectivity index (χ4v) is 2.58. The normalized spacial score (nSPS) is 11.9. The van der Waals surface area contributed by atoms with E-state index < -0.39 is 0 Å². The van der Waals surface area contributed by atoms with E-state index in [4.69, 9.17) is 5.73 Å². The molecule has 4 heteroatoms. The number of rotatable bonds is 1. The van der Waals surface area contributed by atoms with Crippen LogP contribution >= 0.6 is 15.9 Å². The number of hydrogen-bond acceptors (Lipinski definition) is 2. The van der Waals surface area contributed by atoms with Crippen molar-refractivity contribution in [3.63, 3.8) is 0 Å². The first-order valence-electron chi connectivity index (χ1n) is 6.31. The summed E-state index contributed by atoms with van der Waals surface area (Å²) in [7, 11) is 1.85. The van der Waals surface area contributed by atoms with Gasteiger partial charge < -0.3 is 5.73 Å². The largest absolute Gasteiger partial charge is 0.383 e. The molecule has 0 amide bonds. The third-order valence-corrected chi connectivity index (χ3v) is 4.17. The van der Waals surface area contributed by atoms with Crippen LogP contribution < -0.4 is 5.73 Å². The second kappa shape index (κ2) is 4.67. The fourth-order valence-electron chi connectivity index (χ4n) is 2.03. The van der Waals surface area contributed by atoms with Crippen LogP contribution in [0.5, 0.6) is 0 Å². The van der Waals surface area contributed by atoms with Crippen LogP contribution in [0.15, 0.2) is 22.7 Å². The molecule has 102 valence electrons. The lowest BCUT2D eigenvalue weighted by molar-refractivity contribution is 0.590. The monoisotopic (exact) mass is 321 g/mol. The van der Waals surface area contributed by atoms with E-state index in [1.54, 1.807) is 4.68 Å². The van der Waals surface area contributed by atoms with Crippen LogP contribution in [0.25, 0.3) is 11.3 Å². The molecular weight excluding hydrogens is 302 g/mol. The van der Waals surface area contributed by atoms with Crippen molar-refractivity contribution >= 4 is 21.7 Å². The summed E-state index contributed by atoms with van der Waals surface area (Å²) in [4.78, 5) is 0. The SMILES string of the molecule is Cc1ccc(C(C)(C)C)cc1-c1nn(C)c(N)c1Br. The van der Waals surface area contributed by atoms with Gasteiger partial charge in [-0.25, -0.2) is 0 Å². The fraction of sp³-hybridized carbons (Fsp3) is 0.400. The summed E-state index contributed by atoms with van der Waals surface area (Å²) in [5.41, 5.74) is 10.6. The number of aryl methyl sites for hydroxylation is 2. The molecule has 1 aromatic carbocycles. The Morgan fingerprint density at radius 2 is 1.89 bits per heavy atom. The van der Waals surface area contributed by atoms with Crippen LogP contribution in [0.4, 0.5) is 5.82 Å². The van der Waals surface area contributed by atoms with Crippen LogP contribution in [-0.4, -0.2) is 9.78 Å². The maximum Gasteiger partial charge on any atom is 0.136 e. The molecule has 19 heavy (non-hydrogen) atoms. The van der Waals surface area contributed by atoms with Crippen LogP contribution in [-0.2, 0) is 12.5 Å². The Bertz CT molecular complexity index is 621. The zero-order valence-corrected chi connectivity index (χ0v) is 13.7. The van der Waals surface area contributed by atoms with Gasteiger partial charge in [0.15, 0.2) is 0 Å². The molecule has 2 aromatic rings. The number of hydrogen-bond donors (Lipinski definition) is 1. The molecule has 0 aliphatic rings. The lowest BCUT2D eigenvalue weighted by Gasteiger charge is -2.20. The van der Waals surface area contributed by atoms with Gasteiger partial charge in [0.2, 0.25) is 0 Å². The molecule has 1 aromatic heterocycles. The van der Waals surface area contributed by atoms with E-state index in [-0.39, 0.29) is 5.41 Å². The van der Waals surface area contributed by atoms with Gasteiger partial charge in [-0.05, 0) is 45.5 Å². The first kappa shape index (κ1) is 14.1. The smallest absolute Gasteiger partial charge is 0.136 e. The lowest BCUT2D eigenvalue weighted by Crippen LogP contribution is -2.11. The highest BCUT2D eigenvalue weighted by Gasteiger charge is 2.19. The standard InChI is InChI=1S/C15H20BrN3/c1-9-6-7-10(15(2,3)4)8-11(9)13-12(16)14(17)19(5)18-13/h6-8H,17H2,1-5H3. The molecule has 0 bridgehead atoms. The van der Waals surface area contributed by atoms with Gasteiger partial charge in [-0.15, -0.1) is 0 Å². The molecule has 3 nitrogen and oxygen atoms in total. The Balaban J connectivity index is 2.65. The second-order valence-corrected chi connectivity index (χ2v) is 6.74. The predicted molar refractivity (Wildman–Crippen MR) is 84.2 cm³/mol. The average Bonchev–Trinajstić information content (AvgIpc) is 2.56. The molecule has 0 aliphatic heterocycles. The number of aromatic nitrogens is 2. The molecule has 0 radical (unpaired) electrons. The van der Waals surface area contributed by atoms with E-state index in [0.717, 1.165) is 15.7 Å². The van der Waals surface area contributed by atoms with Gasteiger partial charge in [0.05, 0.1) is 4.47 Å². The van der Waals surface area contributed by atoms with E-state index in [2.05, 4.69) is 66.9 Å². The first-order chi connectivity index (χ1) is 8.71. The molecule has 0 spiro atoms. The quantitative estimate of drug-likeness (QED) is 0.861. The number of benzene rings is 1. The van der Waals surface area contributed by atoms with Crippen molar-refractivity contribution in [1.29, 1.82) is 0 Å². The van der Waals surface area contributed by atoms with Crippen molar-refractivity contribution in [3.05, 3.63) is 33.8 Å². The topological polar surface area (TPSA) is 43.8 Å². The summed E-state index contributed by atoms with van der Waals surface area (Å²) in [5.74, 6) is 0.649. The number of nitrogens with two attached hydrogens (primary N) is 1. The zero-order chi connectivity index (χ0) is 14.4. The van der Waals surface area contributed by atoms with E-state index in [1.807, 2.05) is 7.05 Å². The summed E-state index contributed by atoms with van der Waals surface area (Å²) in [5, 5.41) is 4.51. The second-order valence-electron chi connectivity index (χ2n) is 5.95. The lowest BCUT2D eigenvalue weighted by atomic mass is 9.85. The molecular formula is C15H20BrN3. The van der Waals surface area contributed by atoms with Crippen LogP contribution in [0.1, 0.15) is 31.9 Å². The molecule has 0 aliphatic carbocycles. The molecule has 2 rings (SSSR count). The Kier molecular flexibility index (Phi) is 3.47. The molecule has 2 N–H and O–H groups in total. The molecule has 0 saturated carbocycles. The summed E-state index contributed by atoms with van der Waals surface area (Å²) >= 11 is 3.54. The van der Waals surface area contributed by atoms with E-state index >= 15 is 0 Å². The zero-order valence-electron chi connectivity index (χ0n) is 12.1. The van der Waals surface area contributed by atoms with Crippen molar-refractivity contribution in [2.45, 2.75) is 33.1 Å². The highest BCUT2D eigenvalue weighted by molar-refractivity contribution is 9.10. The summed E-state index contributed by atoms with van der Waals surface area (Å²) < 4.78 is 2.56. The third-order valence-electron chi connectivity index (χ3n) is 3.39. The third kappa shape index (κ3) is 2.54. The van der Waals surface area contributed by atoms with Crippen molar-refractivity contribution in [2.24, 2.45) is 7.05 Å². The maximum absolute atomic E-state index is 5.97. The summed E-state index contributed by atoms with van der Waals surface area (Å²) in [6.07, 6.45) is 0.